The van der Waals surface area contributed by atoms with Gasteiger partial charge in [-0.1, -0.05) is 20.8 Å². The van der Waals surface area contributed by atoms with E-state index in [1.165, 1.54) is 0 Å². The highest BCUT2D eigenvalue weighted by Crippen LogP contribution is 2.46. The third-order valence-corrected chi connectivity index (χ3v) is 4.38. The summed E-state index contributed by atoms with van der Waals surface area (Å²) in [4.78, 5) is 38.0. The maximum absolute atomic E-state index is 12.8. The Morgan fingerprint density at radius 2 is 2.00 bits per heavy atom. The average Bonchev–Trinajstić information content (AvgIpc) is 2.49. The van der Waals surface area contributed by atoms with Gasteiger partial charge in [-0.05, 0) is 44.4 Å². The molecule has 6 heteroatoms. The third kappa shape index (κ3) is 3.25. The molecule has 1 aliphatic heterocycles. The van der Waals surface area contributed by atoms with Gasteiger partial charge in [-0.25, -0.2) is 4.79 Å². The molecule has 22 heavy (non-hydrogen) atoms. The minimum atomic E-state index is -0.837. The highest BCUT2D eigenvalue weighted by molar-refractivity contribution is 6.09. The van der Waals surface area contributed by atoms with E-state index in [9.17, 15) is 14.4 Å². The molecule has 0 aromatic heterocycles. The fraction of sp³-hybridized carbons (Fsp3) is 0.812. The number of imide groups is 1. The highest BCUT2D eigenvalue weighted by atomic mass is 16.2. The second kappa shape index (κ2) is 5.56. The van der Waals surface area contributed by atoms with Crippen molar-refractivity contribution in [2.75, 3.05) is 6.54 Å². The summed E-state index contributed by atoms with van der Waals surface area (Å²) in [6, 6.07) is -0.468. The first-order valence-corrected chi connectivity index (χ1v) is 7.98. The molecule has 6 nitrogen and oxygen atoms in total. The number of hydrogen-bond acceptors (Lipinski definition) is 3. The van der Waals surface area contributed by atoms with Crippen LogP contribution >= 0.6 is 0 Å². The van der Waals surface area contributed by atoms with Crippen LogP contribution in [-0.4, -0.2) is 40.9 Å². The Bertz CT molecular complexity index is 501. The maximum atomic E-state index is 12.8. The summed E-state index contributed by atoms with van der Waals surface area (Å²) < 4.78 is 0. The predicted octanol–water partition coefficient (Wildman–Crippen LogP) is 1.65. The molecular formula is C16H27N3O3. The number of urea groups is 1. The molecule has 2 aliphatic rings. The van der Waals surface area contributed by atoms with Crippen LogP contribution in [0.4, 0.5) is 4.79 Å². The molecule has 1 spiro atoms. The first kappa shape index (κ1) is 16.8. The Morgan fingerprint density at radius 1 is 1.36 bits per heavy atom. The van der Waals surface area contributed by atoms with Crippen LogP contribution in [0.25, 0.3) is 0 Å². The van der Waals surface area contributed by atoms with Crippen LogP contribution in [0.5, 0.6) is 0 Å². The monoisotopic (exact) mass is 309 g/mol. The number of hydrogen-bond donors (Lipinski definition) is 2. The zero-order valence-corrected chi connectivity index (χ0v) is 14.2. The lowest BCUT2D eigenvalue weighted by atomic mass is 9.64. The summed E-state index contributed by atoms with van der Waals surface area (Å²) in [5.74, 6) is -0.202. The Labute approximate surface area is 132 Å². The SMILES string of the molecule is CC1CC(C)(C)CC2(C1)NC(=O)N(CC(=O)NC(C)C)C2=O. The summed E-state index contributed by atoms with van der Waals surface area (Å²) in [5.41, 5.74) is -0.840. The molecule has 4 amide bonds. The van der Waals surface area contributed by atoms with Crippen LogP contribution in [-0.2, 0) is 9.59 Å². The Morgan fingerprint density at radius 3 is 2.55 bits per heavy atom. The van der Waals surface area contributed by atoms with Crippen molar-refractivity contribution in [3.8, 4) is 0 Å². The zero-order valence-electron chi connectivity index (χ0n) is 14.2. The zero-order chi connectivity index (χ0) is 16.7. The summed E-state index contributed by atoms with van der Waals surface area (Å²) >= 11 is 0. The summed E-state index contributed by atoms with van der Waals surface area (Å²) in [6.07, 6.45) is 2.30. The molecule has 124 valence electrons. The lowest BCUT2D eigenvalue weighted by molar-refractivity contribution is -0.137. The van der Waals surface area contributed by atoms with Gasteiger partial charge >= 0.3 is 6.03 Å². The fourth-order valence-corrected chi connectivity index (χ4v) is 4.16. The standard InChI is InChI=1S/C16H27N3O3/c1-10(2)17-12(20)8-19-13(21)16(18-14(19)22)7-11(3)6-15(4,5)9-16/h10-11H,6-9H2,1-5H3,(H,17,20)(H,18,22). The summed E-state index contributed by atoms with van der Waals surface area (Å²) in [5, 5.41) is 5.59. The maximum Gasteiger partial charge on any atom is 0.325 e. The van der Waals surface area contributed by atoms with E-state index in [0.29, 0.717) is 18.8 Å². The van der Waals surface area contributed by atoms with Crippen LogP contribution in [0.15, 0.2) is 0 Å². The van der Waals surface area contributed by atoms with Crippen molar-refractivity contribution < 1.29 is 14.4 Å². The lowest BCUT2D eigenvalue weighted by Crippen LogP contribution is -2.54. The normalized spacial score (nSPS) is 30.8. The van der Waals surface area contributed by atoms with E-state index in [-0.39, 0.29) is 29.8 Å². The molecule has 2 unspecified atom stereocenters. The van der Waals surface area contributed by atoms with Gasteiger partial charge in [0.05, 0.1) is 0 Å². The van der Waals surface area contributed by atoms with Crippen LogP contribution in [0.1, 0.15) is 53.9 Å². The lowest BCUT2D eigenvalue weighted by Gasteiger charge is -2.43. The Hall–Kier alpha value is -1.59. The minimum absolute atomic E-state index is 0.00317. The summed E-state index contributed by atoms with van der Waals surface area (Å²) in [6.45, 7) is 9.83. The molecule has 0 radical (unpaired) electrons. The van der Waals surface area contributed by atoms with Crippen LogP contribution < -0.4 is 10.6 Å². The molecule has 1 saturated carbocycles. The molecular weight excluding hydrogens is 282 g/mol. The van der Waals surface area contributed by atoms with Gasteiger partial charge in [-0.2, -0.15) is 0 Å². The van der Waals surface area contributed by atoms with Gasteiger partial charge in [0.15, 0.2) is 0 Å². The van der Waals surface area contributed by atoms with Crippen molar-refractivity contribution in [2.45, 2.75) is 65.5 Å². The first-order valence-electron chi connectivity index (χ1n) is 7.98. The van der Waals surface area contributed by atoms with Gasteiger partial charge in [0.1, 0.15) is 12.1 Å². The van der Waals surface area contributed by atoms with E-state index in [1.807, 2.05) is 13.8 Å². The van der Waals surface area contributed by atoms with Crippen LogP contribution in [0.3, 0.4) is 0 Å². The Balaban J connectivity index is 2.16. The van der Waals surface area contributed by atoms with Crippen molar-refractivity contribution in [3.63, 3.8) is 0 Å². The van der Waals surface area contributed by atoms with Gasteiger partial charge in [0.2, 0.25) is 5.91 Å². The molecule has 2 rings (SSSR count). The minimum Gasteiger partial charge on any atom is -0.352 e. The topological polar surface area (TPSA) is 78.5 Å². The molecule has 0 aromatic rings. The van der Waals surface area contributed by atoms with E-state index in [0.717, 1.165) is 11.3 Å². The van der Waals surface area contributed by atoms with E-state index in [1.54, 1.807) is 0 Å². The second-order valence-corrected chi connectivity index (χ2v) is 7.98. The van der Waals surface area contributed by atoms with Gasteiger partial charge < -0.3 is 10.6 Å². The number of carbonyl (C=O) groups is 3. The number of carbonyl (C=O) groups excluding carboxylic acids is 3. The van der Waals surface area contributed by atoms with Crippen LogP contribution in [0, 0.1) is 11.3 Å². The largest absolute Gasteiger partial charge is 0.352 e. The molecule has 1 aliphatic carbocycles. The van der Waals surface area contributed by atoms with E-state index < -0.39 is 11.6 Å². The molecule has 0 bridgehead atoms. The average molecular weight is 309 g/mol. The smallest absolute Gasteiger partial charge is 0.325 e. The highest BCUT2D eigenvalue weighted by Gasteiger charge is 2.56. The van der Waals surface area contributed by atoms with Gasteiger partial charge in [-0.15, -0.1) is 0 Å². The van der Waals surface area contributed by atoms with Crippen molar-refractivity contribution >= 4 is 17.8 Å². The number of amides is 4. The predicted molar refractivity (Wildman–Crippen MR) is 83.1 cm³/mol. The van der Waals surface area contributed by atoms with Gasteiger partial charge in [0.25, 0.3) is 5.91 Å². The molecule has 2 N–H and O–H groups in total. The van der Waals surface area contributed by atoms with Crippen LogP contribution in [0.2, 0.25) is 0 Å². The van der Waals surface area contributed by atoms with E-state index in [2.05, 4.69) is 31.4 Å². The summed E-state index contributed by atoms with van der Waals surface area (Å²) in [7, 11) is 0. The van der Waals surface area contributed by atoms with Crippen molar-refractivity contribution in [1.82, 2.24) is 15.5 Å². The molecule has 2 atom stereocenters. The number of rotatable bonds is 3. The number of nitrogens with one attached hydrogen (secondary N) is 2. The van der Waals surface area contributed by atoms with Gasteiger partial charge in [-0.3, -0.25) is 14.5 Å². The molecule has 0 aromatic carbocycles. The van der Waals surface area contributed by atoms with Crippen molar-refractivity contribution in [3.05, 3.63) is 0 Å². The Kier molecular flexibility index (Phi) is 4.24. The molecule has 2 fully saturated rings. The molecule has 1 saturated heterocycles. The second-order valence-electron chi connectivity index (χ2n) is 7.98. The number of nitrogens with zero attached hydrogens (tertiary/aromatic N) is 1. The fourth-order valence-electron chi connectivity index (χ4n) is 4.16. The molecule has 1 heterocycles. The van der Waals surface area contributed by atoms with E-state index >= 15 is 0 Å². The third-order valence-electron chi connectivity index (χ3n) is 4.38. The van der Waals surface area contributed by atoms with E-state index in [4.69, 9.17) is 0 Å². The first-order chi connectivity index (χ1) is 10.0. The van der Waals surface area contributed by atoms with Gasteiger partial charge in [0, 0.05) is 6.04 Å². The van der Waals surface area contributed by atoms with Crippen molar-refractivity contribution in [2.24, 2.45) is 11.3 Å². The van der Waals surface area contributed by atoms with Crippen molar-refractivity contribution in [1.29, 1.82) is 0 Å². The quantitative estimate of drug-likeness (QED) is 0.778.